The van der Waals surface area contributed by atoms with Gasteiger partial charge in [0.25, 0.3) is 5.91 Å². The first-order valence-electron chi connectivity index (χ1n) is 9.34. The number of ether oxygens (including phenoxy) is 1. The summed E-state index contributed by atoms with van der Waals surface area (Å²) in [5, 5.41) is 2.86. The molecular weight excluding hydrogens is 342 g/mol. The fraction of sp³-hybridized carbons (Fsp3) is 0.450. The summed E-state index contributed by atoms with van der Waals surface area (Å²) < 4.78 is 5.50. The zero-order valence-electron chi connectivity index (χ0n) is 16.0. The van der Waals surface area contributed by atoms with E-state index in [1.807, 2.05) is 49.3 Å². The molecule has 0 saturated carbocycles. The Hall–Kier alpha value is -2.67. The average molecular weight is 369 g/mol. The van der Waals surface area contributed by atoms with Gasteiger partial charge in [-0.2, -0.15) is 4.98 Å². The molecule has 27 heavy (non-hydrogen) atoms. The van der Waals surface area contributed by atoms with Crippen LogP contribution < -0.4 is 15.1 Å². The van der Waals surface area contributed by atoms with Crippen molar-refractivity contribution in [2.75, 3.05) is 48.9 Å². The lowest BCUT2D eigenvalue weighted by Crippen LogP contribution is -2.31. The fourth-order valence-electron chi connectivity index (χ4n) is 3.06. The number of rotatable bonds is 7. The summed E-state index contributed by atoms with van der Waals surface area (Å²) in [4.78, 5) is 25.4. The van der Waals surface area contributed by atoms with Crippen molar-refractivity contribution >= 4 is 23.4 Å². The third-order valence-corrected chi connectivity index (χ3v) is 4.44. The van der Waals surface area contributed by atoms with Gasteiger partial charge in [-0.3, -0.25) is 4.79 Å². The molecule has 3 rings (SSSR count). The van der Waals surface area contributed by atoms with Crippen molar-refractivity contribution in [2.24, 2.45) is 0 Å². The summed E-state index contributed by atoms with van der Waals surface area (Å²) in [6.45, 7) is 2.34. The van der Waals surface area contributed by atoms with E-state index in [1.165, 1.54) is 6.42 Å². The molecule has 0 aliphatic carbocycles. The van der Waals surface area contributed by atoms with Crippen molar-refractivity contribution in [1.29, 1.82) is 0 Å². The second-order valence-corrected chi connectivity index (χ2v) is 6.88. The second kappa shape index (κ2) is 9.32. The predicted octanol–water partition coefficient (Wildman–Crippen LogP) is 2.69. The Labute approximate surface area is 160 Å². The van der Waals surface area contributed by atoms with Gasteiger partial charge in [-0.25, -0.2) is 4.98 Å². The fourth-order valence-corrected chi connectivity index (χ4v) is 3.06. The van der Waals surface area contributed by atoms with Crippen LogP contribution in [0.25, 0.3) is 0 Å². The Morgan fingerprint density at radius 3 is 2.63 bits per heavy atom. The Morgan fingerprint density at radius 2 is 1.93 bits per heavy atom. The van der Waals surface area contributed by atoms with Crippen LogP contribution in [0.1, 0.15) is 24.8 Å². The van der Waals surface area contributed by atoms with Gasteiger partial charge in [0.2, 0.25) is 5.95 Å². The zero-order valence-corrected chi connectivity index (χ0v) is 16.0. The van der Waals surface area contributed by atoms with Gasteiger partial charge in [-0.1, -0.05) is 30.3 Å². The lowest BCUT2D eigenvalue weighted by atomic mass is 10.1. The van der Waals surface area contributed by atoms with Crippen LogP contribution in [-0.2, 0) is 16.1 Å². The molecule has 0 radical (unpaired) electrons. The van der Waals surface area contributed by atoms with Crippen molar-refractivity contribution in [3.05, 3.63) is 42.1 Å². The maximum absolute atomic E-state index is 12.2. The molecule has 1 fully saturated rings. The number of hydrogen-bond donors (Lipinski definition) is 1. The summed E-state index contributed by atoms with van der Waals surface area (Å²) in [6.07, 6.45) is 5.27. The van der Waals surface area contributed by atoms with Gasteiger partial charge in [-0.05, 0) is 24.8 Å². The summed E-state index contributed by atoms with van der Waals surface area (Å²) >= 11 is 0. The van der Waals surface area contributed by atoms with Gasteiger partial charge in [0, 0.05) is 27.2 Å². The first-order chi connectivity index (χ1) is 13.1. The third-order valence-electron chi connectivity index (χ3n) is 4.44. The van der Waals surface area contributed by atoms with E-state index in [2.05, 4.69) is 20.2 Å². The van der Waals surface area contributed by atoms with Gasteiger partial charge >= 0.3 is 0 Å². The summed E-state index contributed by atoms with van der Waals surface area (Å²) in [5.41, 5.74) is 1.63. The lowest BCUT2D eigenvalue weighted by Gasteiger charge is -2.28. The number of nitrogens with one attached hydrogen (secondary N) is 1. The van der Waals surface area contributed by atoms with Crippen LogP contribution in [0.3, 0.4) is 0 Å². The van der Waals surface area contributed by atoms with Crippen LogP contribution in [0.15, 0.2) is 36.5 Å². The van der Waals surface area contributed by atoms with E-state index in [0.29, 0.717) is 18.1 Å². The van der Waals surface area contributed by atoms with Crippen LogP contribution >= 0.6 is 0 Å². The minimum absolute atomic E-state index is 0.0182. The number of anilines is 3. The molecule has 2 heterocycles. The smallest absolute Gasteiger partial charge is 0.250 e. The summed E-state index contributed by atoms with van der Waals surface area (Å²) in [5.74, 6) is 1.20. The minimum atomic E-state index is -0.219. The molecule has 1 aromatic carbocycles. The van der Waals surface area contributed by atoms with Gasteiger partial charge < -0.3 is 19.9 Å². The number of nitrogens with zero attached hydrogens (tertiary/aromatic N) is 4. The van der Waals surface area contributed by atoms with Crippen LogP contribution in [0, 0.1) is 0 Å². The topological polar surface area (TPSA) is 70.6 Å². The molecule has 2 aromatic rings. The van der Waals surface area contributed by atoms with E-state index in [9.17, 15) is 4.79 Å². The predicted molar refractivity (Wildman–Crippen MR) is 107 cm³/mol. The van der Waals surface area contributed by atoms with Crippen LogP contribution in [0.4, 0.5) is 17.5 Å². The molecule has 0 spiro atoms. The number of amides is 1. The van der Waals surface area contributed by atoms with E-state index in [-0.39, 0.29) is 12.5 Å². The molecular formula is C20H27N5O2. The van der Waals surface area contributed by atoms with Crippen molar-refractivity contribution in [2.45, 2.75) is 25.9 Å². The third kappa shape index (κ3) is 5.40. The SMILES string of the molecule is CN(C)c1nc(N2CCCCC2)ncc1NC(=O)COCc1ccccc1. The number of benzene rings is 1. The first-order valence-corrected chi connectivity index (χ1v) is 9.34. The normalized spacial score (nSPS) is 14.1. The Bertz CT molecular complexity index is 745. The van der Waals surface area contributed by atoms with E-state index < -0.39 is 0 Å². The van der Waals surface area contributed by atoms with Crippen molar-refractivity contribution in [3.63, 3.8) is 0 Å². The highest BCUT2D eigenvalue weighted by molar-refractivity contribution is 5.94. The quantitative estimate of drug-likeness (QED) is 0.809. The van der Waals surface area contributed by atoms with Gasteiger partial charge in [0.15, 0.2) is 5.82 Å². The van der Waals surface area contributed by atoms with Crippen LogP contribution in [0.5, 0.6) is 0 Å². The number of carbonyl (C=O) groups excluding carboxylic acids is 1. The number of aromatic nitrogens is 2. The van der Waals surface area contributed by atoms with E-state index in [1.54, 1.807) is 6.20 Å². The largest absolute Gasteiger partial charge is 0.367 e. The summed E-state index contributed by atoms with van der Waals surface area (Å²) in [7, 11) is 3.81. The molecule has 1 aromatic heterocycles. The van der Waals surface area contributed by atoms with Crippen molar-refractivity contribution in [1.82, 2.24) is 9.97 Å². The van der Waals surface area contributed by atoms with Crippen LogP contribution in [-0.4, -0.2) is 49.7 Å². The van der Waals surface area contributed by atoms with Crippen molar-refractivity contribution < 1.29 is 9.53 Å². The Morgan fingerprint density at radius 1 is 1.19 bits per heavy atom. The van der Waals surface area contributed by atoms with Gasteiger partial charge in [-0.15, -0.1) is 0 Å². The molecule has 7 nitrogen and oxygen atoms in total. The number of carbonyl (C=O) groups is 1. The van der Waals surface area contributed by atoms with Crippen molar-refractivity contribution in [3.8, 4) is 0 Å². The number of piperidine rings is 1. The molecule has 1 saturated heterocycles. The van der Waals surface area contributed by atoms with E-state index in [4.69, 9.17) is 4.74 Å². The molecule has 1 N–H and O–H groups in total. The molecule has 7 heteroatoms. The zero-order chi connectivity index (χ0) is 19.1. The maximum Gasteiger partial charge on any atom is 0.250 e. The molecule has 0 atom stereocenters. The van der Waals surface area contributed by atoms with E-state index >= 15 is 0 Å². The molecule has 0 bridgehead atoms. The molecule has 0 unspecified atom stereocenters. The highest BCUT2D eigenvalue weighted by Crippen LogP contribution is 2.25. The number of hydrogen-bond acceptors (Lipinski definition) is 6. The Balaban J connectivity index is 1.60. The first kappa shape index (κ1) is 19.1. The summed E-state index contributed by atoms with van der Waals surface area (Å²) in [6, 6.07) is 9.78. The average Bonchev–Trinajstić information content (AvgIpc) is 2.69. The highest BCUT2D eigenvalue weighted by Gasteiger charge is 2.17. The monoisotopic (exact) mass is 369 g/mol. The highest BCUT2D eigenvalue weighted by atomic mass is 16.5. The van der Waals surface area contributed by atoms with Gasteiger partial charge in [0.05, 0.1) is 12.8 Å². The lowest BCUT2D eigenvalue weighted by molar-refractivity contribution is -0.121. The minimum Gasteiger partial charge on any atom is -0.367 e. The van der Waals surface area contributed by atoms with Gasteiger partial charge in [0.1, 0.15) is 12.3 Å². The molecule has 1 aliphatic heterocycles. The maximum atomic E-state index is 12.2. The molecule has 144 valence electrons. The van der Waals surface area contributed by atoms with Crippen LogP contribution in [0.2, 0.25) is 0 Å². The standard InChI is InChI=1S/C20H27N5O2/c1-24(2)19-17(13-21-20(23-19)25-11-7-4-8-12-25)22-18(26)15-27-14-16-9-5-3-6-10-16/h3,5-6,9-10,13H,4,7-8,11-12,14-15H2,1-2H3,(H,22,26). The second-order valence-electron chi connectivity index (χ2n) is 6.88. The Kier molecular flexibility index (Phi) is 6.59. The molecule has 1 aliphatic rings. The molecule has 1 amide bonds. The van der Waals surface area contributed by atoms with E-state index in [0.717, 1.165) is 37.4 Å².